The SMILES string of the molecule is CCCCCCN1CCC(CCO)C1. The Morgan fingerprint density at radius 1 is 1.29 bits per heavy atom. The van der Waals surface area contributed by atoms with Gasteiger partial charge in [0.2, 0.25) is 0 Å². The summed E-state index contributed by atoms with van der Waals surface area (Å²) in [6.45, 7) is 6.40. The van der Waals surface area contributed by atoms with Gasteiger partial charge in [-0.3, -0.25) is 0 Å². The second-order valence-corrected chi connectivity index (χ2v) is 4.53. The maximum atomic E-state index is 8.84. The molecule has 1 atom stereocenters. The Kier molecular flexibility index (Phi) is 6.20. The molecule has 1 aliphatic heterocycles. The van der Waals surface area contributed by atoms with Gasteiger partial charge in [-0.1, -0.05) is 26.2 Å². The number of hydrogen-bond acceptors (Lipinski definition) is 2. The predicted molar refractivity (Wildman–Crippen MR) is 60.4 cm³/mol. The Hall–Kier alpha value is -0.0800. The molecule has 0 saturated carbocycles. The van der Waals surface area contributed by atoms with E-state index in [1.54, 1.807) is 0 Å². The highest BCUT2D eigenvalue weighted by atomic mass is 16.3. The first kappa shape index (κ1) is 12.0. The minimum absolute atomic E-state index is 0.369. The quantitative estimate of drug-likeness (QED) is 0.636. The summed E-state index contributed by atoms with van der Waals surface area (Å²) in [5.74, 6) is 0.770. The standard InChI is InChI=1S/C12H25NO/c1-2-3-4-5-8-13-9-6-12(11-13)7-10-14/h12,14H,2-11H2,1H3. The Labute approximate surface area is 88.3 Å². The molecule has 0 radical (unpaired) electrons. The van der Waals surface area contributed by atoms with Crippen LogP contribution in [0.5, 0.6) is 0 Å². The molecule has 1 unspecified atom stereocenters. The molecule has 0 amide bonds. The van der Waals surface area contributed by atoms with E-state index >= 15 is 0 Å². The van der Waals surface area contributed by atoms with E-state index in [0.29, 0.717) is 6.61 Å². The number of aliphatic hydroxyl groups excluding tert-OH is 1. The van der Waals surface area contributed by atoms with Gasteiger partial charge in [-0.05, 0) is 38.3 Å². The van der Waals surface area contributed by atoms with E-state index in [0.717, 1.165) is 12.3 Å². The molecule has 0 bridgehead atoms. The molecule has 84 valence electrons. The lowest BCUT2D eigenvalue weighted by molar-refractivity contribution is 0.250. The van der Waals surface area contributed by atoms with Crippen molar-refractivity contribution in [1.29, 1.82) is 0 Å². The number of aliphatic hydroxyl groups is 1. The third-order valence-electron chi connectivity index (χ3n) is 3.24. The average Bonchev–Trinajstić information content (AvgIpc) is 2.61. The lowest BCUT2D eigenvalue weighted by Gasteiger charge is -2.15. The first-order chi connectivity index (χ1) is 6.86. The smallest absolute Gasteiger partial charge is 0.0434 e. The molecule has 2 heteroatoms. The summed E-state index contributed by atoms with van der Waals surface area (Å²) < 4.78 is 0. The van der Waals surface area contributed by atoms with Crippen LogP contribution in [-0.4, -0.2) is 36.2 Å². The van der Waals surface area contributed by atoms with Crippen molar-refractivity contribution >= 4 is 0 Å². The van der Waals surface area contributed by atoms with Gasteiger partial charge >= 0.3 is 0 Å². The van der Waals surface area contributed by atoms with E-state index in [2.05, 4.69) is 11.8 Å². The second kappa shape index (κ2) is 7.24. The number of rotatable bonds is 7. The molecule has 1 saturated heterocycles. The van der Waals surface area contributed by atoms with Crippen LogP contribution >= 0.6 is 0 Å². The van der Waals surface area contributed by atoms with Crippen molar-refractivity contribution < 1.29 is 5.11 Å². The Balaban J connectivity index is 1.98. The van der Waals surface area contributed by atoms with Crippen LogP contribution in [0.2, 0.25) is 0 Å². The van der Waals surface area contributed by atoms with Gasteiger partial charge in [0, 0.05) is 13.2 Å². The predicted octanol–water partition coefficient (Wildman–Crippen LogP) is 2.27. The van der Waals surface area contributed by atoms with Crippen molar-refractivity contribution in [3.05, 3.63) is 0 Å². The van der Waals surface area contributed by atoms with Gasteiger partial charge < -0.3 is 10.0 Å². The first-order valence-electron chi connectivity index (χ1n) is 6.20. The maximum absolute atomic E-state index is 8.84. The Bertz CT molecular complexity index is 138. The molecular weight excluding hydrogens is 174 g/mol. The summed E-state index contributed by atoms with van der Waals surface area (Å²) in [5.41, 5.74) is 0. The lowest BCUT2D eigenvalue weighted by atomic mass is 10.1. The van der Waals surface area contributed by atoms with Gasteiger partial charge in [-0.25, -0.2) is 0 Å². The lowest BCUT2D eigenvalue weighted by Crippen LogP contribution is -2.22. The fourth-order valence-electron chi connectivity index (χ4n) is 2.30. The molecule has 0 aliphatic carbocycles. The second-order valence-electron chi connectivity index (χ2n) is 4.53. The van der Waals surface area contributed by atoms with Crippen LogP contribution in [-0.2, 0) is 0 Å². The first-order valence-corrected chi connectivity index (χ1v) is 6.20. The van der Waals surface area contributed by atoms with Gasteiger partial charge in [-0.2, -0.15) is 0 Å². The van der Waals surface area contributed by atoms with E-state index in [1.165, 1.54) is 51.7 Å². The zero-order valence-corrected chi connectivity index (χ0v) is 9.54. The number of unbranched alkanes of at least 4 members (excludes halogenated alkanes) is 3. The highest BCUT2D eigenvalue weighted by Gasteiger charge is 2.20. The number of nitrogens with zero attached hydrogens (tertiary/aromatic N) is 1. The topological polar surface area (TPSA) is 23.5 Å². The van der Waals surface area contributed by atoms with Crippen LogP contribution in [0.1, 0.15) is 45.4 Å². The summed E-state index contributed by atoms with van der Waals surface area (Å²) in [4.78, 5) is 2.57. The highest BCUT2D eigenvalue weighted by molar-refractivity contribution is 4.74. The molecule has 2 nitrogen and oxygen atoms in total. The molecule has 0 spiro atoms. The fraction of sp³-hybridized carbons (Fsp3) is 1.00. The Morgan fingerprint density at radius 2 is 2.14 bits per heavy atom. The fourth-order valence-corrected chi connectivity index (χ4v) is 2.30. The third-order valence-corrected chi connectivity index (χ3v) is 3.24. The minimum atomic E-state index is 0.369. The summed E-state index contributed by atoms with van der Waals surface area (Å²) in [6, 6.07) is 0. The molecule has 0 aromatic rings. The molecule has 1 N–H and O–H groups in total. The molecule has 14 heavy (non-hydrogen) atoms. The van der Waals surface area contributed by atoms with Crippen molar-refractivity contribution in [2.24, 2.45) is 5.92 Å². The van der Waals surface area contributed by atoms with Crippen molar-refractivity contribution in [1.82, 2.24) is 4.90 Å². The normalized spacial score (nSPS) is 23.1. The minimum Gasteiger partial charge on any atom is -0.396 e. The largest absolute Gasteiger partial charge is 0.396 e. The van der Waals surface area contributed by atoms with Crippen LogP contribution in [0.3, 0.4) is 0 Å². The number of likely N-dealkylation sites (tertiary alicyclic amines) is 1. The van der Waals surface area contributed by atoms with Gasteiger partial charge in [0.05, 0.1) is 0 Å². The van der Waals surface area contributed by atoms with Gasteiger partial charge in [-0.15, -0.1) is 0 Å². The monoisotopic (exact) mass is 199 g/mol. The summed E-state index contributed by atoms with van der Waals surface area (Å²) in [5, 5.41) is 8.84. The number of hydrogen-bond donors (Lipinski definition) is 1. The summed E-state index contributed by atoms with van der Waals surface area (Å²) in [7, 11) is 0. The average molecular weight is 199 g/mol. The molecule has 0 aromatic heterocycles. The van der Waals surface area contributed by atoms with E-state index in [4.69, 9.17) is 5.11 Å². The van der Waals surface area contributed by atoms with E-state index in [1.807, 2.05) is 0 Å². The molecule has 1 heterocycles. The summed E-state index contributed by atoms with van der Waals surface area (Å²) in [6.07, 6.45) is 7.76. The van der Waals surface area contributed by atoms with Crippen molar-refractivity contribution in [3.63, 3.8) is 0 Å². The third kappa shape index (κ3) is 4.43. The van der Waals surface area contributed by atoms with Crippen LogP contribution in [0.4, 0.5) is 0 Å². The molecule has 1 fully saturated rings. The zero-order chi connectivity index (χ0) is 10.2. The van der Waals surface area contributed by atoms with Crippen molar-refractivity contribution in [3.8, 4) is 0 Å². The van der Waals surface area contributed by atoms with Crippen LogP contribution < -0.4 is 0 Å². The van der Waals surface area contributed by atoms with Crippen molar-refractivity contribution in [2.45, 2.75) is 45.4 Å². The van der Waals surface area contributed by atoms with Crippen molar-refractivity contribution in [2.75, 3.05) is 26.2 Å². The van der Waals surface area contributed by atoms with Gasteiger partial charge in [0.15, 0.2) is 0 Å². The van der Waals surface area contributed by atoms with Crippen LogP contribution in [0, 0.1) is 5.92 Å². The molecular formula is C12H25NO. The van der Waals surface area contributed by atoms with Crippen LogP contribution in [0.25, 0.3) is 0 Å². The molecule has 1 aliphatic rings. The van der Waals surface area contributed by atoms with Crippen LogP contribution in [0.15, 0.2) is 0 Å². The molecule has 0 aromatic carbocycles. The maximum Gasteiger partial charge on any atom is 0.0434 e. The van der Waals surface area contributed by atoms with E-state index < -0.39 is 0 Å². The molecule has 1 rings (SSSR count). The van der Waals surface area contributed by atoms with E-state index in [9.17, 15) is 0 Å². The Morgan fingerprint density at radius 3 is 2.86 bits per heavy atom. The van der Waals surface area contributed by atoms with Gasteiger partial charge in [0.1, 0.15) is 0 Å². The van der Waals surface area contributed by atoms with Gasteiger partial charge in [0.25, 0.3) is 0 Å². The highest BCUT2D eigenvalue weighted by Crippen LogP contribution is 2.19. The zero-order valence-electron chi connectivity index (χ0n) is 9.54. The van der Waals surface area contributed by atoms with E-state index in [-0.39, 0.29) is 0 Å². The summed E-state index contributed by atoms with van der Waals surface area (Å²) >= 11 is 0.